The number of aliphatic hydroxyl groups is 1. The molecule has 0 bridgehead atoms. The van der Waals surface area contributed by atoms with Gasteiger partial charge in [0.05, 0.1) is 26.2 Å². The molecule has 1 aromatic rings. The fourth-order valence-corrected chi connectivity index (χ4v) is 1.36. The van der Waals surface area contributed by atoms with Gasteiger partial charge in [-0.25, -0.2) is 0 Å². The summed E-state index contributed by atoms with van der Waals surface area (Å²) in [7, 11) is 1.31. The Morgan fingerprint density at radius 2 is 2.06 bits per heavy atom. The average molecular weight is 238 g/mol. The third kappa shape index (κ3) is 6.04. The number of benzene rings is 1. The molecule has 0 aliphatic rings. The van der Waals surface area contributed by atoms with Crippen molar-refractivity contribution in [2.24, 2.45) is 0 Å². The molecule has 1 rings (SSSR count). The molecule has 1 unspecified atom stereocenters. The predicted molar refractivity (Wildman–Crippen MR) is 63.4 cm³/mol. The van der Waals surface area contributed by atoms with Gasteiger partial charge in [-0.15, -0.1) is 0 Å². The van der Waals surface area contributed by atoms with Crippen LogP contribution in [0.1, 0.15) is 18.4 Å². The Balaban J connectivity index is 2.10. The van der Waals surface area contributed by atoms with E-state index >= 15 is 0 Å². The molecule has 0 spiro atoms. The summed E-state index contributed by atoms with van der Waals surface area (Å²) in [6, 6.07) is 9.80. The number of carbonyl (C=O) groups excluding carboxylic acids is 1. The van der Waals surface area contributed by atoms with Crippen molar-refractivity contribution in [2.45, 2.75) is 25.6 Å². The van der Waals surface area contributed by atoms with Gasteiger partial charge in [0.1, 0.15) is 0 Å². The monoisotopic (exact) mass is 238 g/mol. The molecule has 4 nitrogen and oxygen atoms in total. The molecule has 0 saturated carbocycles. The molecule has 0 amide bonds. The molecule has 0 aliphatic carbocycles. The van der Waals surface area contributed by atoms with Crippen molar-refractivity contribution in [2.75, 3.05) is 13.7 Å². The first-order valence-electron chi connectivity index (χ1n) is 5.59. The average Bonchev–Trinajstić information content (AvgIpc) is 2.36. The van der Waals surface area contributed by atoms with Gasteiger partial charge in [0.2, 0.25) is 0 Å². The fourth-order valence-electron chi connectivity index (χ4n) is 1.36. The van der Waals surface area contributed by atoms with Crippen LogP contribution < -0.4 is 0 Å². The standard InChI is InChI=1S/C13H18O4/c1-16-13(15)9-12(14)7-8-17-10-11-5-3-2-4-6-11/h2-6,12,14H,7-10H2,1H3. The Morgan fingerprint density at radius 1 is 1.35 bits per heavy atom. The van der Waals surface area contributed by atoms with Crippen LogP contribution in [0.15, 0.2) is 30.3 Å². The topological polar surface area (TPSA) is 55.8 Å². The zero-order chi connectivity index (χ0) is 12.5. The molecule has 4 heteroatoms. The molecule has 0 heterocycles. The van der Waals surface area contributed by atoms with Gasteiger partial charge in [-0.3, -0.25) is 4.79 Å². The maximum Gasteiger partial charge on any atom is 0.308 e. The van der Waals surface area contributed by atoms with Crippen LogP contribution in [-0.2, 0) is 20.9 Å². The Hall–Kier alpha value is -1.39. The van der Waals surface area contributed by atoms with Gasteiger partial charge in [0, 0.05) is 6.61 Å². The molecule has 0 fully saturated rings. The number of esters is 1. The summed E-state index contributed by atoms with van der Waals surface area (Å²) in [6.45, 7) is 0.943. The summed E-state index contributed by atoms with van der Waals surface area (Å²) in [4.78, 5) is 10.9. The SMILES string of the molecule is COC(=O)CC(O)CCOCc1ccccc1. The number of ether oxygens (including phenoxy) is 2. The Kier molecular flexibility index (Phi) is 6.29. The first-order chi connectivity index (χ1) is 8.22. The minimum absolute atomic E-state index is 0.0190. The lowest BCUT2D eigenvalue weighted by molar-refractivity contribution is -0.143. The number of hydrogen-bond acceptors (Lipinski definition) is 4. The van der Waals surface area contributed by atoms with Crippen LogP contribution in [0, 0.1) is 0 Å². The molecular weight excluding hydrogens is 220 g/mol. The van der Waals surface area contributed by atoms with Gasteiger partial charge < -0.3 is 14.6 Å². The van der Waals surface area contributed by atoms with Crippen molar-refractivity contribution >= 4 is 5.97 Å². The van der Waals surface area contributed by atoms with E-state index in [0.29, 0.717) is 19.6 Å². The van der Waals surface area contributed by atoms with Crippen molar-refractivity contribution in [3.63, 3.8) is 0 Å². The lowest BCUT2D eigenvalue weighted by Gasteiger charge is -2.09. The van der Waals surface area contributed by atoms with E-state index < -0.39 is 12.1 Å². The molecule has 0 radical (unpaired) electrons. The van der Waals surface area contributed by atoms with Crippen LogP contribution in [0.2, 0.25) is 0 Å². The second-order valence-electron chi connectivity index (χ2n) is 3.76. The van der Waals surface area contributed by atoms with E-state index in [1.807, 2.05) is 30.3 Å². The van der Waals surface area contributed by atoms with E-state index in [0.717, 1.165) is 5.56 Å². The Morgan fingerprint density at radius 3 is 2.71 bits per heavy atom. The van der Waals surface area contributed by atoms with E-state index in [2.05, 4.69) is 4.74 Å². The van der Waals surface area contributed by atoms with E-state index in [1.54, 1.807) is 0 Å². The molecule has 0 aliphatic heterocycles. The van der Waals surface area contributed by atoms with Crippen molar-refractivity contribution in [1.29, 1.82) is 0 Å². The Labute approximate surface area is 101 Å². The van der Waals surface area contributed by atoms with Crippen LogP contribution in [-0.4, -0.2) is 30.9 Å². The molecule has 1 aromatic carbocycles. The highest BCUT2D eigenvalue weighted by Crippen LogP contribution is 2.03. The Bertz CT molecular complexity index is 323. The van der Waals surface area contributed by atoms with Crippen molar-refractivity contribution < 1.29 is 19.4 Å². The number of carbonyl (C=O) groups is 1. The quantitative estimate of drug-likeness (QED) is 0.578. The lowest BCUT2D eigenvalue weighted by Crippen LogP contribution is -2.16. The summed E-state index contributed by atoms with van der Waals surface area (Å²) in [6.07, 6.45) is -0.245. The lowest BCUT2D eigenvalue weighted by atomic mass is 10.2. The summed E-state index contributed by atoms with van der Waals surface area (Å²) in [5.74, 6) is -0.402. The van der Waals surface area contributed by atoms with E-state index in [1.165, 1.54) is 7.11 Å². The van der Waals surface area contributed by atoms with Gasteiger partial charge in [0.15, 0.2) is 0 Å². The molecule has 1 N–H and O–H groups in total. The normalized spacial score (nSPS) is 12.1. The summed E-state index contributed by atoms with van der Waals surface area (Å²) < 4.78 is 9.85. The first-order valence-corrected chi connectivity index (χ1v) is 5.59. The zero-order valence-electron chi connectivity index (χ0n) is 9.96. The van der Waals surface area contributed by atoms with Gasteiger partial charge in [-0.2, -0.15) is 0 Å². The van der Waals surface area contributed by atoms with Crippen LogP contribution >= 0.6 is 0 Å². The zero-order valence-corrected chi connectivity index (χ0v) is 9.96. The number of aliphatic hydroxyl groups excluding tert-OH is 1. The molecular formula is C13H18O4. The van der Waals surface area contributed by atoms with Crippen molar-refractivity contribution in [3.05, 3.63) is 35.9 Å². The van der Waals surface area contributed by atoms with Gasteiger partial charge in [-0.05, 0) is 12.0 Å². The van der Waals surface area contributed by atoms with Crippen LogP contribution in [0.5, 0.6) is 0 Å². The molecule has 94 valence electrons. The molecule has 0 saturated heterocycles. The number of methoxy groups -OCH3 is 1. The third-order valence-corrected chi connectivity index (χ3v) is 2.34. The van der Waals surface area contributed by atoms with Crippen molar-refractivity contribution in [3.8, 4) is 0 Å². The highest BCUT2D eigenvalue weighted by molar-refractivity contribution is 5.69. The fraction of sp³-hybridized carbons (Fsp3) is 0.462. The first kappa shape index (κ1) is 13.7. The maximum atomic E-state index is 10.9. The van der Waals surface area contributed by atoms with Gasteiger partial charge in [-0.1, -0.05) is 30.3 Å². The largest absolute Gasteiger partial charge is 0.469 e. The van der Waals surface area contributed by atoms with Crippen molar-refractivity contribution in [1.82, 2.24) is 0 Å². The smallest absolute Gasteiger partial charge is 0.308 e. The predicted octanol–water partition coefficient (Wildman–Crippen LogP) is 1.52. The highest BCUT2D eigenvalue weighted by Gasteiger charge is 2.10. The second-order valence-corrected chi connectivity index (χ2v) is 3.76. The second kappa shape index (κ2) is 7.81. The van der Waals surface area contributed by atoms with E-state index in [9.17, 15) is 9.90 Å². The molecule has 1 atom stereocenters. The number of hydrogen-bond donors (Lipinski definition) is 1. The van der Waals surface area contributed by atoms with Crippen LogP contribution in [0.4, 0.5) is 0 Å². The highest BCUT2D eigenvalue weighted by atomic mass is 16.5. The van der Waals surface area contributed by atoms with E-state index in [-0.39, 0.29) is 6.42 Å². The summed E-state index contributed by atoms with van der Waals surface area (Å²) >= 11 is 0. The van der Waals surface area contributed by atoms with Crippen LogP contribution in [0.3, 0.4) is 0 Å². The summed E-state index contributed by atoms with van der Waals surface area (Å²) in [5.41, 5.74) is 1.09. The maximum absolute atomic E-state index is 10.9. The van der Waals surface area contributed by atoms with E-state index in [4.69, 9.17) is 4.74 Å². The summed E-state index contributed by atoms with van der Waals surface area (Å²) in [5, 5.41) is 9.47. The van der Waals surface area contributed by atoms with Gasteiger partial charge >= 0.3 is 5.97 Å². The third-order valence-electron chi connectivity index (χ3n) is 2.34. The number of rotatable bonds is 7. The molecule has 17 heavy (non-hydrogen) atoms. The van der Waals surface area contributed by atoms with Gasteiger partial charge in [0.25, 0.3) is 0 Å². The molecule has 0 aromatic heterocycles. The minimum atomic E-state index is -0.696. The minimum Gasteiger partial charge on any atom is -0.469 e. The van der Waals surface area contributed by atoms with Crippen LogP contribution in [0.25, 0.3) is 0 Å².